The van der Waals surface area contributed by atoms with Gasteiger partial charge >= 0.3 is 0 Å². The molecule has 0 saturated carbocycles. The van der Waals surface area contributed by atoms with Crippen molar-refractivity contribution < 1.29 is 9.84 Å². The number of nitrogens with one attached hydrogen (secondary N) is 2. The van der Waals surface area contributed by atoms with Gasteiger partial charge in [-0.1, -0.05) is 30.3 Å². The van der Waals surface area contributed by atoms with Crippen molar-refractivity contribution in [3.63, 3.8) is 0 Å². The van der Waals surface area contributed by atoms with Gasteiger partial charge in [0.1, 0.15) is 5.60 Å². The minimum Gasteiger partial charge on any atom is -0.383 e. The van der Waals surface area contributed by atoms with Gasteiger partial charge in [-0.15, -0.1) is 35.3 Å². The topological polar surface area (TPSA) is 65.9 Å². The number of nitrogens with zero attached hydrogens (tertiary/aromatic N) is 1. The lowest BCUT2D eigenvalue weighted by molar-refractivity contribution is 0.0655. The highest BCUT2D eigenvalue weighted by molar-refractivity contribution is 14.0. The predicted molar refractivity (Wildman–Crippen MR) is 124 cm³/mol. The van der Waals surface area contributed by atoms with E-state index >= 15 is 0 Å². The molecule has 0 aliphatic rings. The Morgan fingerprint density at radius 2 is 1.89 bits per heavy atom. The summed E-state index contributed by atoms with van der Waals surface area (Å²) in [5.41, 5.74) is 1.36. The van der Waals surface area contributed by atoms with Crippen molar-refractivity contribution in [2.75, 3.05) is 19.7 Å². The first-order valence-corrected chi connectivity index (χ1v) is 9.87. The van der Waals surface area contributed by atoms with Gasteiger partial charge in [-0.25, -0.2) is 4.99 Å². The Bertz CT molecular complexity index is 690. The summed E-state index contributed by atoms with van der Waals surface area (Å²) in [6.07, 6.45) is 0. The summed E-state index contributed by atoms with van der Waals surface area (Å²) in [5.74, 6) is 0.690. The molecule has 27 heavy (non-hydrogen) atoms. The Morgan fingerprint density at radius 3 is 2.52 bits per heavy atom. The molecule has 1 aromatic heterocycles. The molecule has 1 unspecified atom stereocenters. The van der Waals surface area contributed by atoms with Crippen LogP contribution in [0.1, 0.15) is 36.8 Å². The van der Waals surface area contributed by atoms with Gasteiger partial charge in [0.15, 0.2) is 5.96 Å². The maximum atomic E-state index is 10.7. The van der Waals surface area contributed by atoms with E-state index in [1.807, 2.05) is 50.4 Å². The number of guanidine groups is 1. The molecule has 2 rings (SSSR count). The Kier molecular flexibility index (Phi) is 10.9. The van der Waals surface area contributed by atoms with Gasteiger partial charge < -0.3 is 20.5 Å². The third kappa shape index (κ3) is 7.77. The monoisotopic (exact) mass is 503 g/mol. The standard InChI is InChI=1S/C20H29N3O2S.HI/c1-4-21-19(23-15-20(3,24)18-11-8-12-26-18)22-13-16-9-6-7-10-17(16)14-25-5-2;/h6-12,24H,4-5,13-15H2,1-3H3,(H2,21,22,23);1H. The highest BCUT2D eigenvalue weighted by atomic mass is 127. The smallest absolute Gasteiger partial charge is 0.191 e. The van der Waals surface area contributed by atoms with Gasteiger partial charge in [-0.3, -0.25) is 0 Å². The quantitative estimate of drug-likeness (QED) is 0.276. The molecule has 1 heterocycles. The van der Waals surface area contributed by atoms with Crippen molar-refractivity contribution in [1.82, 2.24) is 10.6 Å². The van der Waals surface area contributed by atoms with Crippen LogP contribution in [-0.4, -0.2) is 30.8 Å². The number of hydrogen-bond donors (Lipinski definition) is 3. The first kappa shape index (κ1) is 23.9. The largest absolute Gasteiger partial charge is 0.383 e. The summed E-state index contributed by atoms with van der Waals surface area (Å²) in [7, 11) is 0. The van der Waals surface area contributed by atoms with E-state index in [0.29, 0.717) is 32.3 Å². The second-order valence-corrected chi connectivity index (χ2v) is 7.15. The van der Waals surface area contributed by atoms with Gasteiger partial charge in [0.05, 0.1) is 19.7 Å². The van der Waals surface area contributed by atoms with Crippen molar-refractivity contribution in [2.45, 2.75) is 39.5 Å². The molecule has 0 aliphatic heterocycles. The van der Waals surface area contributed by atoms with Crippen molar-refractivity contribution in [3.05, 3.63) is 57.8 Å². The zero-order chi connectivity index (χ0) is 18.8. The molecule has 0 radical (unpaired) electrons. The number of benzene rings is 1. The van der Waals surface area contributed by atoms with Crippen LogP contribution in [0.5, 0.6) is 0 Å². The van der Waals surface area contributed by atoms with Crippen molar-refractivity contribution in [2.24, 2.45) is 4.99 Å². The lowest BCUT2D eigenvalue weighted by atomic mass is 10.1. The van der Waals surface area contributed by atoms with E-state index in [4.69, 9.17) is 4.74 Å². The Morgan fingerprint density at radius 1 is 1.15 bits per heavy atom. The fraction of sp³-hybridized carbons (Fsp3) is 0.450. The van der Waals surface area contributed by atoms with Gasteiger partial charge in [0.25, 0.3) is 0 Å². The third-order valence-electron chi connectivity index (χ3n) is 3.98. The van der Waals surface area contributed by atoms with Crippen molar-refractivity contribution in [1.29, 1.82) is 0 Å². The van der Waals surface area contributed by atoms with E-state index in [9.17, 15) is 5.11 Å². The van der Waals surface area contributed by atoms with E-state index in [-0.39, 0.29) is 24.0 Å². The van der Waals surface area contributed by atoms with E-state index in [0.717, 1.165) is 22.5 Å². The molecular weight excluding hydrogens is 473 g/mol. The first-order chi connectivity index (χ1) is 12.6. The molecule has 7 heteroatoms. The van der Waals surface area contributed by atoms with Crippen LogP contribution in [0.3, 0.4) is 0 Å². The highest BCUT2D eigenvalue weighted by Gasteiger charge is 2.24. The number of rotatable bonds is 9. The van der Waals surface area contributed by atoms with Crippen LogP contribution in [0.15, 0.2) is 46.8 Å². The van der Waals surface area contributed by atoms with Gasteiger partial charge in [0, 0.05) is 18.0 Å². The summed E-state index contributed by atoms with van der Waals surface area (Å²) >= 11 is 1.55. The maximum absolute atomic E-state index is 10.7. The molecule has 1 aromatic carbocycles. The number of thiophene rings is 1. The lowest BCUT2D eigenvalue weighted by Gasteiger charge is -2.23. The maximum Gasteiger partial charge on any atom is 0.191 e. The summed E-state index contributed by atoms with van der Waals surface area (Å²) in [6.45, 7) is 8.82. The zero-order valence-electron chi connectivity index (χ0n) is 16.2. The van der Waals surface area contributed by atoms with Crippen molar-refractivity contribution >= 4 is 41.3 Å². The van der Waals surface area contributed by atoms with Crippen LogP contribution in [-0.2, 0) is 23.5 Å². The fourth-order valence-electron chi connectivity index (χ4n) is 2.50. The molecule has 0 aliphatic carbocycles. The van der Waals surface area contributed by atoms with Crippen LogP contribution < -0.4 is 10.6 Å². The molecule has 5 nitrogen and oxygen atoms in total. The molecule has 0 bridgehead atoms. The average Bonchev–Trinajstić information content (AvgIpc) is 3.19. The minimum atomic E-state index is -0.933. The Balaban J connectivity index is 0.00000364. The Labute approximate surface area is 183 Å². The number of hydrogen-bond acceptors (Lipinski definition) is 4. The number of aliphatic hydroxyl groups is 1. The molecule has 0 amide bonds. The second-order valence-electron chi connectivity index (χ2n) is 6.21. The van der Waals surface area contributed by atoms with Crippen LogP contribution >= 0.6 is 35.3 Å². The average molecular weight is 503 g/mol. The lowest BCUT2D eigenvalue weighted by Crippen LogP contribution is -2.44. The van der Waals surface area contributed by atoms with Crippen molar-refractivity contribution in [3.8, 4) is 0 Å². The molecule has 1 atom stereocenters. The van der Waals surface area contributed by atoms with Gasteiger partial charge in [0.2, 0.25) is 0 Å². The summed E-state index contributed by atoms with van der Waals surface area (Å²) in [5, 5.41) is 19.1. The summed E-state index contributed by atoms with van der Waals surface area (Å²) in [6, 6.07) is 12.1. The second kappa shape index (κ2) is 12.3. The van der Waals surface area contributed by atoms with Crippen LogP contribution in [0.25, 0.3) is 0 Å². The SMILES string of the molecule is CCNC(=NCc1ccccc1COCC)NCC(C)(O)c1cccs1.I. The number of aliphatic imine (C=N–C) groups is 1. The van der Waals surface area contributed by atoms with E-state index in [1.54, 1.807) is 11.3 Å². The normalized spacial score (nSPS) is 13.6. The first-order valence-electron chi connectivity index (χ1n) is 9.00. The van der Waals surface area contributed by atoms with Crippen LogP contribution in [0.2, 0.25) is 0 Å². The molecule has 3 N–H and O–H groups in total. The third-order valence-corrected chi connectivity index (χ3v) is 5.11. The molecule has 150 valence electrons. The number of ether oxygens (including phenoxy) is 1. The number of halogens is 1. The van der Waals surface area contributed by atoms with E-state index in [1.165, 1.54) is 0 Å². The molecular formula is C20H30IN3O2S. The molecule has 0 saturated heterocycles. The predicted octanol–water partition coefficient (Wildman–Crippen LogP) is 3.87. The van der Waals surface area contributed by atoms with Gasteiger partial charge in [-0.2, -0.15) is 0 Å². The van der Waals surface area contributed by atoms with E-state index < -0.39 is 5.60 Å². The Hall–Kier alpha value is -1.16. The van der Waals surface area contributed by atoms with Gasteiger partial charge in [-0.05, 0) is 43.3 Å². The zero-order valence-corrected chi connectivity index (χ0v) is 19.3. The fourth-order valence-corrected chi connectivity index (χ4v) is 3.29. The van der Waals surface area contributed by atoms with E-state index in [2.05, 4.69) is 27.8 Å². The van der Waals surface area contributed by atoms with Crippen LogP contribution in [0.4, 0.5) is 0 Å². The summed E-state index contributed by atoms with van der Waals surface area (Å²) < 4.78 is 5.54. The molecule has 0 spiro atoms. The van der Waals surface area contributed by atoms with Crippen LogP contribution in [0, 0.1) is 0 Å². The summed E-state index contributed by atoms with van der Waals surface area (Å²) in [4.78, 5) is 5.60. The highest BCUT2D eigenvalue weighted by Crippen LogP contribution is 2.24. The molecule has 2 aromatic rings. The minimum absolute atomic E-state index is 0. The molecule has 0 fully saturated rings.